The van der Waals surface area contributed by atoms with Crippen LogP contribution in [0, 0.1) is 5.82 Å². The second kappa shape index (κ2) is 5.59. The van der Waals surface area contributed by atoms with Crippen LogP contribution >= 0.6 is 15.2 Å². The van der Waals surface area contributed by atoms with Crippen molar-refractivity contribution in [3.05, 3.63) is 35.6 Å². The monoisotopic (exact) mass is 299 g/mol. The van der Waals surface area contributed by atoms with Gasteiger partial charge in [0.15, 0.2) is 0 Å². The molecule has 1 aromatic rings. The van der Waals surface area contributed by atoms with E-state index in [-0.39, 0.29) is 6.54 Å². The molecule has 18 heavy (non-hydrogen) atoms. The Hall–Kier alpha value is -0.590. The third-order valence-electron chi connectivity index (χ3n) is 2.04. The van der Waals surface area contributed by atoms with Gasteiger partial charge in [0.25, 0.3) is 0 Å². The molecule has 10 heteroatoms. The normalized spacial score (nSPS) is 13.0. The Bertz CT molecular complexity index is 473. The first kappa shape index (κ1) is 15.5. The number of benzene rings is 1. The predicted molar refractivity (Wildman–Crippen MR) is 61.1 cm³/mol. The van der Waals surface area contributed by atoms with Crippen LogP contribution in [0.25, 0.3) is 0 Å². The number of hydrogen-bond donors (Lipinski definition) is 5. The van der Waals surface area contributed by atoms with Gasteiger partial charge in [0.2, 0.25) is 5.52 Å². The summed E-state index contributed by atoms with van der Waals surface area (Å²) in [6.07, 6.45) is 0. The lowest BCUT2D eigenvalue weighted by Crippen LogP contribution is -2.28. The molecule has 0 aliphatic heterocycles. The van der Waals surface area contributed by atoms with Gasteiger partial charge in [-0.1, -0.05) is 12.1 Å². The molecule has 7 nitrogen and oxygen atoms in total. The first-order valence-electron chi connectivity index (χ1n) is 4.69. The van der Waals surface area contributed by atoms with Crippen LogP contribution in [0.1, 0.15) is 5.56 Å². The van der Waals surface area contributed by atoms with Crippen molar-refractivity contribution in [1.82, 2.24) is 5.32 Å². The van der Waals surface area contributed by atoms with Crippen LogP contribution in [-0.4, -0.2) is 25.1 Å². The van der Waals surface area contributed by atoms with Crippen molar-refractivity contribution in [1.29, 1.82) is 0 Å². The molecule has 0 saturated heterocycles. The Kier molecular flexibility index (Phi) is 4.80. The summed E-state index contributed by atoms with van der Waals surface area (Å²) < 4.78 is 34.5. The minimum absolute atomic E-state index is 0.207. The van der Waals surface area contributed by atoms with E-state index in [4.69, 9.17) is 19.6 Å². The lowest BCUT2D eigenvalue weighted by atomic mass is 10.2. The maximum atomic E-state index is 12.6. The van der Waals surface area contributed by atoms with Crippen LogP contribution in [0.3, 0.4) is 0 Å². The average Bonchev–Trinajstić information content (AvgIpc) is 2.17. The molecule has 0 spiro atoms. The van der Waals surface area contributed by atoms with Crippen molar-refractivity contribution in [3.63, 3.8) is 0 Å². The van der Waals surface area contributed by atoms with Crippen LogP contribution in [-0.2, 0) is 15.7 Å². The summed E-state index contributed by atoms with van der Waals surface area (Å²) in [5, 5.41) is 2.09. The Balaban J connectivity index is 2.78. The third kappa shape index (κ3) is 4.59. The Morgan fingerprint density at radius 1 is 1.06 bits per heavy atom. The second-order valence-electron chi connectivity index (χ2n) is 3.56. The number of nitrogens with one attached hydrogen (secondary N) is 1. The van der Waals surface area contributed by atoms with Gasteiger partial charge >= 0.3 is 15.2 Å². The number of hydrogen-bond acceptors (Lipinski definition) is 3. The minimum Gasteiger partial charge on any atom is -0.323 e. The average molecular weight is 299 g/mol. The van der Waals surface area contributed by atoms with Crippen molar-refractivity contribution in [2.45, 2.75) is 12.1 Å². The highest BCUT2D eigenvalue weighted by Crippen LogP contribution is 2.58. The molecule has 0 bridgehead atoms. The Morgan fingerprint density at radius 2 is 1.50 bits per heavy atom. The molecule has 0 amide bonds. The standard InChI is InChI=1S/C8H12FNO6P2/c9-7-3-1-6(2-4-7)5-10-8(17(11,12)13)18(14,15)16/h1-4,8,10H,5H2,(H2,11,12,13)(H2,14,15,16). The lowest BCUT2D eigenvalue weighted by Gasteiger charge is -2.20. The Morgan fingerprint density at radius 3 is 1.89 bits per heavy atom. The van der Waals surface area contributed by atoms with Crippen LogP contribution in [0.4, 0.5) is 4.39 Å². The summed E-state index contributed by atoms with van der Waals surface area (Å²) in [5.74, 6) is -0.486. The van der Waals surface area contributed by atoms with E-state index < -0.39 is 26.5 Å². The van der Waals surface area contributed by atoms with Gasteiger partial charge in [0, 0.05) is 6.54 Å². The maximum Gasteiger partial charge on any atom is 0.354 e. The van der Waals surface area contributed by atoms with E-state index in [2.05, 4.69) is 5.32 Å². The van der Waals surface area contributed by atoms with E-state index in [0.29, 0.717) is 5.56 Å². The SMILES string of the molecule is O=P(O)(O)C(NCc1ccc(F)cc1)P(=O)(O)O. The highest BCUT2D eigenvalue weighted by atomic mass is 31.2. The van der Waals surface area contributed by atoms with E-state index in [1.807, 2.05) is 0 Å². The highest BCUT2D eigenvalue weighted by molar-refractivity contribution is 7.70. The molecule has 0 aliphatic carbocycles. The Labute approximate surface area is 102 Å². The van der Waals surface area contributed by atoms with Crippen LogP contribution in [0.5, 0.6) is 0 Å². The first-order chi connectivity index (χ1) is 8.10. The zero-order valence-corrected chi connectivity index (χ0v) is 10.8. The maximum absolute atomic E-state index is 12.6. The summed E-state index contributed by atoms with van der Waals surface area (Å²) in [6, 6.07) is 4.92. The second-order valence-corrected chi connectivity index (χ2v) is 7.36. The molecule has 0 aliphatic rings. The molecule has 0 unspecified atom stereocenters. The molecule has 102 valence electrons. The van der Waals surface area contributed by atoms with Gasteiger partial charge in [-0.2, -0.15) is 0 Å². The molecule has 5 N–H and O–H groups in total. The van der Waals surface area contributed by atoms with Gasteiger partial charge in [0.05, 0.1) is 0 Å². The fraction of sp³-hybridized carbons (Fsp3) is 0.250. The van der Waals surface area contributed by atoms with E-state index >= 15 is 0 Å². The van der Waals surface area contributed by atoms with E-state index in [1.54, 1.807) is 0 Å². The molecule has 0 radical (unpaired) electrons. The van der Waals surface area contributed by atoms with Crippen LogP contribution < -0.4 is 5.32 Å². The molecule has 0 aromatic heterocycles. The zero-order chi connectivity index (χ0) is 14.0. The van der Waals surface area contributed by atoms with E-state index in [0.717, 1.165) is 12.1 Å². The van der Waals surface area contributed by atoms with Crippen molar-refractivity contribution >= 4 is 15.2 Å². The van der Waals surface area contributed by atoms with E-state index in [9.17, 15) is 13.5 Å². The van der Waals surface area contributed by atoms with Gasteiger partial charge < -0.3 is 19.6 Å². The fourth-order valence-electron chi connectivity index (χ4n) is 1.25. The molecule has 0 saturated carbocycles. The minimum atomic E-state index is -4.99. The van der Waals surface area contributed by atoms with E-state index in [1.165, 1.54) is 12.1 Å². The quantitative estimate of drug-likeness (QED) is 0.502. The predicted octanol–water partition coefficient (Wildman–Crippen LogP) is 0.554. The largest absolute Gasteiger partial charge is 0.354 e. The molecular weight excluding hydrogens is 287 g/mol. The smallest absolute Gasteiger partial charge is 0.323 e. The first-order valence-corrected chi connectivity index (χ1v) is 8.05. The molecule has 0 atom stereocenters. The number of rotatable bonds is 5. The highest BCUT2D eigenvalue weighted by Gasteiger charge is 2.42. The third-order valence-corrected chi connectivity index (χ3v) is 5.48. The number of halogens is 1. The van der Waals surface area contributed by atoms with Crippen molar-refractivity contribution in [3.8, 4) is 0 Å². The molecule has 1 aromatic carbocycles. The van der Waals surface area contributed by atoms with Crippen molar-refractivity contribution < 1.29 is 33.1 Å². The van der Waals surface area contributed by atoms with Crippen molar-refractivity contribution in [2.24, 2.45) is 0 Å². The van der Waals surface area contributed by atoms with Gasteiger partial charge in [-0.05, 0) is 17.7 Å². The molecular formula is C8H12FNO6P2. The summed E-state index contributed by atoms with van der Waals surface area (Å²) in [6.45, 7) is -0.207. The van der Waals surface area contributed by atoms with Crippen LogP contribution in [0.15, 0.2) is 24.3 Å². The summed E-state index contributed by atoms with van der Waals surface area (Å²) in [4.78, 5) is 35.3. The van der Waals surface area contributed by atoms with Crippen LogP contribution in [0.2, 0.25) is 0 Å². The van der Waals surface area contributed by atoms with Gasteiger partial charge in [0.1, 0.15) is 5.82 Å². The van der Waals surface area contributed by atoms with Gasteiger partial charge in [-0.25, -0.2) is 4.39 Å². The molecule has 1 rings (SSSR count). The molecule has 0 fully saturated rings. The summed E-state index contributed by atoms with van der Waals surface area (Å²) in [5.41, 5.74) is -1.83. The zero-order valence-electron chi connectivity index (χ0n) is 8.97. The molecule has 0 heterocycles. The fourth-order valence-corrected chi connectivity index (χ4v) is 3.47. The van der Waals surface area contributed by atoms with Crippen molar-refractivity contribution in [2.75, 3.05) is 0 Å². The summed E-state index contributed by atoms with van der Waals surface area (Å²) in [7, 11) is -9.98. The van der Waals surface area contributed by atoms with Gasteiger partial charge in [-0.15, -0.1) is 0 Å². The van der Waals surface area contributed by atoms with Gasteiger partial charge in [-0.3, -0.25) is 14.4 Å². The lowest BCUT2D eigenvalue weighted by molar-refractivity contribution is 0.327. The topological polar surface area (TPSA) is 127 Å². The summed E-state index contributed by atoms with van der Waals surface area (Å²) >= 11 is 0.